The normalized spacial score (nSPS) is 14.1. The molecule has 1 aliphatic rings. The molecule has 44 heavy (non-hydrogen) atoms. The molecular weight excluding hydrogens is 625 g/mol. The van der Waals surface area contributed by atoms with Crippen LogP contribution in [0.15, 0.2) is 66.7 Å². The summed E-state index contributed by atoms with van der Waals surface area (Å²) < 4.78 is 33.0. The molecule has 12 heteroatoms. The topological polar surface area (TPSA) is 151 Å². The monoisotopic (exact) mass is 667 g/mol. The van der Waals surface area contributed by atoms with Crippen LogP contribution in [0.3, 0.4) is 0 Å². The van der Waals surface area contributed by atoms with Crippen LogP contribution in [-0.2, 0) is 16.4 Å². The number of amides is 1. The summed E-state index contributed by atoms with van der Waals surface area (Å²) in [5.41, 5.74) is 10.3. The van der Waals surface area contributed by atoms with E-state index in [0.29, 0.717) is 24.5 Å². The summed E-state index contributed by atoms with van der Waals surface area (Å²) in [4.78, 5) is 13.0. The number of benzene rings is 3. The molecule has 0 spiro atoms. The number of carbonyl (C=O) groups is 1. The molecule has 0 bridgehead atoms. The summed E-state index contributed by atoms with van der Waals surface area (Å²) in [6.07, 6.45) is 5.20. The van der Waals surface area contributed by atoms with Crippen molar-refractivity contribution in [1.82, 2.24) is 10.0 Å². The molecule has 0 aromatic heterocycles. The molecule has 0 radical (unpaired) electrons. The number of hydrogen-bond acceptors (Lipinski definition) is 8. The van der Waals surface area contributed by atoms with Gasteiger partial charge in [0.2, 0.25) is 10.0 Å². The van der Waals surface area contributed by atoms with Crippen molar-refractivity contribution < 1.29 is 28.2 Å². The molecule has 1 saturated carbocycles. The van der Waals surface area contributed by atoms with Gasteiger partial charge in [0.25, 0.3) is 5.91 Å². The highest BCUT2D eigenvalue weighted by molar-refractivity contribution is 7.90. The Hall–Kier alpha value is -2.86. The fourth-order valence-electron chi connectivity index (χ4n) is 5.07. The minimum Gasteiger partial charge on any atom is -0.490 e. The summed E-state index contributed by atoms with van der Waals surface area (Å²) >= 11 is 0. The molecule has 0 unspecified atom stereocenters. The summed E-state index contributed by atoms with van der Waals surface area (Å²) in [5.74, 6) is -0.716. The van der Waals surface area contributed by atoms with E-state index in [1.165, 1.54) is 0 Å². The fourth-order valence-corrected chi connectivity index (χ4v) is 6.07. The van der Waals surface area contributed by atoms with Gasteiger partial charge in [0, 0.05) is 18.8 Å². The van der Waals surface area contributed by atoms with Crippen molar-refractivity contribution in [2.75, 3.05) is 31.2 Å². The van der Waals surface area contributed by atoms with Crippen LogP contribution in [0.2, 0.25) is 0 Å². The van der Waals surface area contributed by atoms with E-state index in [1.54, 1.807) is 30.3 Å². The van der Waals surface area contributed by atoms with Gasteiger partial charge in [0.15, 0.2) is 0 Å². The van der Waals surface area contributed by atoms with E-state index in [1.807, 2.05) is 36.4 Å². The van der Waals surface area contributed by atoms with Crippen molar-refractivity contribution in [2.24, 2.45) is 0 Å². The van der Waals surface area contributed by atoms with Gasteiger partial charge in [-0.15, -0.1) is 24.8 Å². The molecule has 9 nitrogen and oxygen atoms in total. The first kappa shape index (κ1) is 37.3. The first-order valence-corrected chi connectivity index (χ1v) is 16.2. The van der Waals surface area contributed by atoms with E-state index in [9.17, 15) is 18.3 Å². The van der Waals surface area contributed by atoms with Gasteiger partial charge in [-0.1, -0.05) is 48.9 Å². The summed E-state index contributed by atoms with van der Waals surface area (Å²) in [6.45, 7) is 0.847. The molecular formula is C32H43Cl2N3O6S. The first-order valence-electron chi connectivity index (χ1n) is 14.5. The van der Waals surface area contributed by atoms with Crippen LogP contribution >= 0.6 is 24.8 Å². The number of nitrogen functional groups attached to an aromatic ring is 1. The highest BCUT2D eigenvalue weighted by Gasteiger charge is 2.23. The second-order valence-electron chi connectivity index (χ2n) is 10.8. The summed E-state index contributed by atoms with van der Waals surface area (Å²) in [6, 6.07) is 20.5. The molecule has 3 aromatic rings. The van der Waals surface area contributed by atoms with Gasteiger partial charge in [-0.25, -0.2) is 13.1 Å². The smallest absolute Gasteiger partial charge is 0.268 e. The number of nitrogens with two attached hydrogens (primary N) is 1. The van der Waals surface area contributed by atoms with E-state index < -0.39 is 22.0 Å². The second-order valence-corrected chi connectivity index (χ2v) is 12.6. The Morgan fingerprint density at radius 2 is 1.68 bits per heavy atom. The standard InChI is InChI=1S/C32H41N3O6S.2ClH/c33-27-7-4-6-26(20-27)30(37)22-34-17-16-23-10-12-24(13-11-23)25-14-15-29(32(38)35-42(39,40)19-5-18-36)31(21-25)41-28-8-2-1-3-9-28;;/h4,6-7,10-15,20-21,28,30,34,36-37H,1-3,5,8-9,16-19,22,33H2,(H,35,38);2*1H/t30-;;/m0../s1. The number of rotatable bonds is 14. The Balaban J connectivity index is 0.00000337. The van der Waals surface area contributed by atoms with Crippen molar-refractivity contribution >= 4 is 46.4 Å². The van der Waals surface area contributed by atoms with Crippen LogP contribution in [0, 0.1) is 0 Å². The van der Waals surface area contributed by atoms with Gasteiger partial charge in [0.1, 0.15) is 5.75 Å². The Labute approximate surface area is 272 Å². The third kappa shape index (κ3) is 11.3. The number of hydrogen-bond donors (Lipinski definition) is 5. The number of aliphatic hydroxyl groups excluding tert-OH is 2. The van der Waals surface area contributed by atoms with Crippen LogP contribution in [0.1, 0.15) is 66.1 Å². The van der Waals surface area contributed by atoms with E-state index >= 15 is 0 Å². The Kier molecular flexibility index (Phi) is 15.4. The first-order chi connectivity index (χ1) is 20.2. The van der Waals surface area contributed by atoms with Crippen molar-refractivity contribution in [3.8, 4) is 16.9 Å². The number of nitrogens with one attached hydrogen (secondary N) is 2. The minimum absolute atomic E-state index is 0. The predicted octanol–water partition coefficient (Wildman–Crippen LogP) is 4.80. The number of ether oxygens (including phenoxy) is 1. The third-order valence-electron chi connectivity index (χ3n) is 7.40. The molecule has 3 aromatic carbocycles. The molecule has 242 valence electrons. The van der Waals surface area contributed by atoms with Gasteiger partial charge in [-0.05, 0) is 91.6 Å². The lowest BCUT2D eigenvalue weighted by Gasteiger charge is -2.24. The molecule has 4 rings (SSSR count). The number of halogens is 2. The SMILES string of the molecule is Cl.Cl.Nc1cccc([C@@H](O)CNCCc2ccc(-c3ccc(C(=O)NS(=O)(=O)CCCO)c(OC4CCCCC4)c3)cc2)c1. The Morgan fingerprint density at radius 1 is 0.977 bits per heavy atom. The number of anilines is 1. The van der Waals surface area contributed by atoms with Crippen molar-refractivity contribution in [3.05, 3.63) is 83.4 Å². The molecule has 1 atom stereocenters. The minimum atomic E-state index is -3.88. The van der Waals surface area contributed by atoms with Gasteiger partial charge in [-0.2, -0.15) is 0 Å². The van der Waals surface area contributed by atoms with Crippen LogP contribution in [0.5, 0.6) is 5.75 Å². The average Bonchev–Trinajstić information content (AvgIpc) is 2.99. The maximum atomic E-state index is 13.0. The Bertz CT molecular complexity index is 1430. The van der Waals surface area contributed by atoms with Crippen LogP contribution in [0.25, 0.3) is 11.1 Å². The van der Waals surface area contributed by atoms with Crippen LogP contribution in [0.4, 0.5) is 5.69 Å². The number of carbonyl (C=O) groups excluding carboxylic acids is 1. The number of aliphatic hydroxyl groups is 2. The molecule has 0 aliphatic heterocycles. The van der Waals surface area contributed by atoms with E-state index in [2.05, 4.69) is 10.0 Å². The lowest BCUT2D eigenvalue weighted by atomic mass is 9.97. The van der Waals surface area contributed by atoms with Crippen molar-refractivity contribution in [3.63, 3.8) is 0 Å². The Morgan fingerprint density at radius 3 is 2.36 bits per heavy atom. The lowest BCUT2D eigenvalue weighted by Crippen LogP contribution is -2.33. The van der Waals surface area contributed by atoms with Crippen molar-refractivity contribution in [2.45, 2.75) is 57.2 Å². The molecule has 0 saturated heterocycles. The maximum Gasteiger partial charge on any atom is 0.268 e. The zero-order valence-electron chi connectivity index (χ0n) is 24.6. The molecule has 0 heterocycles. The highest BCUT2D eigenvalue weighted by atomic mass is 35.5. The van der Waals surface area contributed by atoms with Crippen LogP contribution in [-0.4, -0.2) is 56.1 Å². The third-order valence-corrected chi connectivity index (χ3v) is 8.72. The largest absolute Gasteiger partial charge is 0.490 e. The molecule has 1 fully saturated rings. The second kappa shape index (κ2) is 18.2. The van der Waals surface area contributed by atoms with Gasteiger partial charge in [0.05, 0.1) is 23.5 Å². The van der Waals surface area contributed by atoms with Gasteiger partial charge >= 0.3 is 0 Å². The zero-order valence-corrected chi connectivity index (χ0v) is 27.1. The van der Waals surface area contributed by atoms with Crippen LogP contribution < -0.4 is 20.5 Å². The summed E-state index contributed by atoms with van der Waals surface area (Å²) in [5, 5.41) is 22.6. The van der Waals surface area contributed by atoms with Gasteiger partial charge in [-0.3, -0.25) is 4.79 Å². The quantitative estimate of drug-likeness (QED) is 0.122. The average molecular weight is 669 g/mol. The van der Waals surface area contributed by atoms with Gasteiger partial charge < -0.3 is 26.0 Å². The number of sulfonamides is 1. The van der Waals surface area contributed by atoms with E-state index in [-0.39, 0.29) is 55.3 Å². The van der Waals surface area contributed by atoms with E-state index in [0.717, 1.165) is 60.8 Å². The van der Waals surface area contributed by atoms with E-state index in [4.69, 9.17) is 15.6 Å². The highest BCUT2D eigenvalue weighted by Crippen LogP contribution is 2.31. The molecule has 1 amide bonds. The molecule has 1 aliphatic carbocycles. The van der Waals surface area contributed by atoms with Crippen molar-refractivity contribution in [1.29, 1.82) is 0 Å². The predicted molar refractivity (Wildman–Crippen MR) is 179 cm³/mol. The summed E-state index contributed by atoms with van der Waals surface area (Å²) in [7, 11) is -3.88. The zero-order chi connectivity index (χ0) is 30.0. The fraction of sp³-hybridized carbons (Fsp3) is 0.406. The maximum absolute atomic E-state index is 13.0. The molecule has 6 N–H and O–H groups in total. The lowest BCUT2D eigenvalue weighted by molar-refractivity contribution is 0.0969.